The van der Waals surface area contributed by atoms with E-state index in [0.29, 0.717) is 13.0 Å². The molecular formula is C30H43N3O7. The lowest BCUT2D eigenvalue weighted by atomic mass is 9.80. The van der Waals surface area contributed by atoms with Gasteiger partial charge in [0.25, 0.3) is 0 Å². The first-order chi connectivity index (χ1) is 18.6. The van der Waals surface area contributed by atoms with Crippen molar-refractivity contribution in [2.75, 3.05) is 6.54 Å². The Labute approximate surface area is 236 Å². The van der Waals surface area contributed by atoms with Crippen LogP contribution in [0.5, 0.6) is 0 Å². The third kappa shape index (κ3) is 7.29. The molecule has 1 saturated heterocycles. The number of fused-ring (bicyclic) bond motifs is 1. The Morgan fingerprint density at radius 1 is 1.05 bits per heavy atom. The molecule has 40 heavy (non-hydrogen) atoms. The quantitative estimate of drug-likeness (QED) is 0.226. The van der Waals surface area contributed by atoms with E-state index >= 15 is 0 Å². The number of alkyl carbamates (subject to hydrolysis) is 1. The summed E-state index contributed by atoms with van der Waals surface area (Å²) in [6.07, 6.45) is 2.46. The van der Waals surface area contributed by atoms with Crippen LogP contribution in [0.2, 0.25) is 0 Å². The second-order valence-corrected chi connectivity index (χ2v) is 12.9. The highest BCUT2D eigenvalue weighted by molar-refractivity contribution is 6.38. The number of amides is 3. The first-order valence-corrected chi connectivity index (χ1v) is 14.2. The minimum Gasteiger partial charge on any atom is -0.444 e. The molecule has 0 spiro atoms. The van der Waals surface area contributed by atoms with Gasteiger partial charge in [-0.3, -0.25) is 24.0 Å². The lowest BCUT2D eigenvalue weighted by Gasteiger charge is -2.35. The molecule has 3 fully saturated rings. The maximum Gasteiger partial charge on any atom is 0.408 e. The Morgan fingerprint density at radius 2 is 1.70 bits per heavy atom. The summed E-state index contributed by atoms with van der Waals surface area (Å²) in [4.78, 5) is 78.4. The van der Waals surface area contributed by atoms with Crippen LogP contribution in [0.25, 0.3) is 0 Å². The summed E-state index contributed by atoms with van der Waals surface area (Å²) in [6.45, 7) is 12.2. The van der Waals surface area contributed by atoms with Crippen molar-refractivity contribution in [3.63, 3.8) is 0 Å². The summed E-state index contributed by atoms with van der Waals surface area (Å²) in [6, 6.07) is -2.92. The van der Waals surface area contributed by atoms with Crippen molar-refractivity contribution < 1.29 is 33.5 Å². The number of hydrogen-bond acceptors (Lipinski definition) is 7. The van der Waals surface area contributed by atoms with Gasteiger partial charge in [0.2, 0.25) is 23.4 Å². The number of piperidine rings is 1. The molecule has 0 aromatic rings. The van der Waals surface area contributed by atoms with E-state index in [4.69, 9.17) is 4.74 Å². The molecule has 3 unspecified atom stereocenters. The van der Waals surface area contributed by atoms with E-state index in [0.717, 1.165) is 19.3 Å². The predicted octanol–water partition coefficient (Wildman–Crippen LogP) is 2.57. The molecule has 3 amide bonds. The molecule has 2 saturated carbocycles. The number of likely N-dealkylation sites (tertiary alicyclic amines) is 1. The van der Waals surface area contributed by atoms with Gasteiger partial charge in [-0.25, -0.2) is 4.79 Å². The van der Waals surface area contributed by atoms with Crippen LogP contribution >= 0.6 is 0 Å². The molecule has 5 atom stereocenters. The number of nitrogens with one attached hydrogen (secondary N) is 2. The minimum absolute atomic E-state index is 0.0116. The summed E-state index contributed by atoms with van der Waals surface area (Å²) in [5.41, 5.74) is -0.991. The zero-order valence-corrected chi connectivity index (χ0v) is 24.7. The Balaban J connectivity index is 1.83. The van der Waals surface area contributed by atoms with Crippen molar-refractivity contribution in [3.05, 3.63) is 0 Å². The predicted molar refractivity (Wildman–Crippen MR) is 147 cm³/mol. The monoisotopic (exact) mass is 557 g/mol. The first kappa shape index (κ1) is 31.3. The summed E-state index contributed by atoms with van der Waals surface area (Å²) in [5.74, 6) is 2.57. The molecule has 10 heteroatoms. The van der Waals surface area contributed by atoms with Gasteiger partial charge in [-0.1, -0.05) is 39.0 Å². The number of ether oxygens (including phenoxy) is 1. The number of nitrogens with zero attached hydrogens (tertiary/aromatic N) is 1. The fourth-order valence-electron chi connectivity index (χ4n) is 5.99. The van der Waals surface area contributed by atoms with Crippen molar-refractivity contribution in [2.45, 2.75) is 111 Å². The number of carbonyl (C=O) groups excluding carboxylic acids is 6. The van der Waals surface area contributed by atoms with E-state index < -0.39 is 53.2 Å². The molecule has 2 aliphatic carbocycles. The molecule has 0 radical (unpaired) electrons. The Morgan fingerprint density at radius 3 is 2.23 bits per heavy atom. The van der Waals surface area contributed by atoms with Gasteiger partial charge in [0, 0.05) is 19.9 Å². The highest BCUT2D eigenvalue weighted by Crippen LogP contribution is 2.65. The number of rotatable bonds is 11. The van der Waals surface area contributed by atoms with Gasteiger partial charge >= 0.3 is 6.09 Å². The highest BCUT2D eigenvalue weighted by Gasteiger charge is 2.69. The Hall–Kier alpha value is -3.22. The SMILES string of the molecule is CC#CC(=O)CC[C@H](NC(=O)OC(C)(C)C)C(=O)N1CC2C([C@H]1C(=O)NC(CC1CCC1)C(=O)C(C)=O)C2(C)C. The third-order valence-electron chi connectivity index (χ3n) is 8.45. The van der Waals surface area contributed by atoms with Gasteiger partial charge < -0.3 is 20.3 Å². The Kier molecular flexibility index (Phi) is 9.48. The summed E-state index contributed by atoms with van der Waals surface area (Å²) in [5, 5.41) is 5.40. The molecule has 1 heterocycles. The highest BCUT2D eigenvalue weighted by atomic mass is 16.6. The zero-order chi connectivity index (χ0) is 30.0. The van der Waals surface area contributed by atoms with Crippen molar-refractivity contribution in [2.24, 2.45) is 23.2 Å². The van der Waals surface area contributed by atoms with Crippen molar-refractivity contribution in [3.8, 4) is 11.8 Å². The second-order valence-electron chi connectivity index (χ2n) is 12.9. The zero-order valence-electron chi connectivity index (χ0n) is 24.7. The smallest absolute Gasteiger partial charge is 0.408 e. The molecule has 2 N–H and O–H groups in total. The van der Waals surface area contributed by atoms with Crippen molar-refractivity contribution in [1.82, 2.24) is 15.5 Å². The number of Topliss-reactive ketones (excluding diaryl/α,β-unsaturated/α-hetero) is 3. The van der Waals surface area contributed by atoms with Crippen LogP contribution in [0, 0.1) is 35.0 Å². The van der Waals surface area contributed by atoms with E-state index in [1.54, 1.807) is 20.8 Å². The van der Waals surface area contributed by atoms with Crippen molar-refractivity contribution >= 4 is 35.3 Å². The fourth-order valence-corrected chi connectivity index (χ4v) is 5.99. The van der Waals surface area contributed by atoms with E-state index in [9.17, 15) is 28.8 Å². The standard InChI is InChI=1S/C30H43N3O7/c1-8-10-19(35)13-14-21(32-28(39)40-29(3,4)5)27(38)33-16-20-23(30(20,6)7)24(33)26(37)31-22(25(36)17(2)34)15-18-11-9-12-18/h18,20-24H,9,11-16H2,1-7H3,(H,31,37)(H,32,39)/t20?,21-,22?,23?,24-/m0/s1. The van der Waals surface area contributed by atoms with Crippen LogP contribution in [0.1, 0.15) is 87.0 Å². The van der Waals surface area contributed by atoms with E-state index in [1.807, 2.05) is 13.8 Å². The minimum atomic E-state index is -1.11. The van der Waals surface area contributed by atoms with Crippen molar-refractivity contribution in [1.29, 1.82) is 0 Å². The summed E-state index contributed by atoms with van der Waals surface area (Å²) in [7, 11) is 0. The van der Waals surface area contributed by atoms with Crippen LogP contribution in [0.15, 0.2) is 0 Å². The molecule has 0 bridgehead atoms. The lowest BCUT2D eigenvalue weighted by molar-refractivity contribution is -0.144. The molecule has 1 aliphatic heterocycles. The maximum atomic E-state index is 13.9. The molecule has 10 nitrogen and oxygen atoms in total. The molecule has 0 aromatic heterocycles. The lowest BCUT2D eigenvalue weighted by Crippen LogP contribution is -2.58. The van der Waals surface area contributed by atoms with E-state index in [2.05, 4.69) is 22.5 Å². The largest absolute Gasteiger partial charge is 0.444 e. The molecule has 3 aliphatic rings. The van der Waals surface area contributed by atoms with Crippen LogP contribution in [-0.2, 0) is 28.7 Å². The molecule has 3 rings (SSSR count). The van der Waals surface area contributed by atoms with Gasteiger partial charge in [0.05, 0.1) is 6.04 Å². The molecule has 220 valence electrons. The average Bonchev–Trinajstić information content (AvgIpc) is 3.14. The van der Waals surface area contributed by atoms with Crippen LogP contribution in [0.3, 0.4) is 0 Å². The fraction of sp³-hybridized carbons (Fsp3) is 0.733. The third-order valence-corrected chi connectivity index (χ3v) is 8.45. The summed E-state index contributed by atoms with van der Waals surface area (Å²) >= 11 is 0. The van der Waals surface area contributed by atoms with Gasteiger partial charge in [0.1, 0.15) is 17.7 Å². The van der Waals surface area contributed by atoms with Crippen LogP contribution in [0.4, 0.5) is 4.79 Å². The number of ketones is 3. The molecular weight excluding hydrogens is 514 g/mol. The van der Waals surface area contributed by atoms with Crippen LogP contribution in [-0.4, -0.2) is 70.4 Å². The van der Waals surface area contributed by atoms with Gasteiger partial charge in [0.15, 0.2) is 5.78 Å². The van der Waals surface area contributed by atoms with Gasteiger partial charge in [-0.05, 0) is 69.6 Å². The summed E-state index contributed by atoms with van der Waals surface area (Å²) < 4.78 is 5.34. The van der Waals surface area contributed by atoms with Gasteiger partial charge in [-0.2, -0.15) is 0 Å². The second kappa shape index (κ2) is 12.1. The average molecular weight is 558 g/mol. The van der Waals surface area contributed by atoms with E-state index in [1.165, 1.54) is 18.7 Å². The topological polar surface area (TPSA) is 139 Å². The Bertz CT molecular complexity index is 1120. The van der Waals surface area contributed by atoms with Crippen LogP contribution < -0.4 is 10.6 Å². The first-order valence-electron chi connectivity index (χ1n) is 14.2. The number of carbonyl (C=O) groups is 6. The number of hydrogen-bond donors (Lipinski definition) is 2. The normalized spacial score (nSPS) is 24.3. The van der Waals surface area contributed by atoms with E-state index in [-0.39, 0.29) is 41.8 Å². The molecule has 0 aromatic carbocycles. The maximum absolute atomic E-state index is 13.9. The van der Waals surface area contributed by atoms with Gasteiger partial charge in [-0.15, -0.1) is 0 Å².